The van der Waals surface area contributed by atoms with Crippen molar-refractivity contribution in [1.29, 1.82) is 0 Å². The molecule has 2 amide bonds. The Morgan fingerprint density at radius 1 is 1.20 bits per heavy atom. The number of aliphatic carboxylic acids is 1. The van der Waals surface area contributed by atoms with Crippen molar-refractivity contribution in [3.05, 3.63) is 0 Å². The lowest BCUT2D eigenvalue weighted by Gasteiger charge is -2.19. The van der Waals surface area contributed by atoms with Gasteiger partial charge in [-0.15, -0.1) is 0 Å². The zero-order chi connectivity index (χ0) is 12.0. The van der Waals surface area contributed by atoms with Crippen molar-refractivity contribution in [3.63, 3.8) is 0 Å². The van der Waals surface area contributed by atoms with E-state index in [1.807, 2.05) is 13.8 Å². The number of hydrogen-bond donors (Lipinski definition) is 3. The van der Waals surface area contributed by atoms with Crippen LogP contribution in [0.5, 0.6) is 0 Å². The summed E-state index contributed by atoms with van der Waals surface area (Å²) in [5, 5.41) is 13.9. The molecular formula is C10H20N2O3. The standard InChI is InChI=1S/C10H20N2O3/c1-5-7(4)11-10(15)12-8(6(2)3)9(13)14/h6-8H,5H2,1-4H3,(H,13,14)(H2,11,12,15)/t7-,8+/m1/s1. The fourth-order valence-electron chi connectivity index (χ4n) is 1.02. The van der Waals surface area contributed by atoms with Gasteiger partial charge in [0, 0.05) is 6.04 Å². The van der Waals surface area contributed by atoms with Gasteiger partial charge in [0.1, 0.15) is 6.04 Å². The number of hydrogen-bond acceptors (Lipinski definition) is 2. The third-order valence-electron chi connectivity index (χ3n) is 2.21. The summed E-state index contributed by atoms with van der Waals surface area (Å²) in [5.74, 6) is -1.14. The van der Waals surface area contributed by atoms with Crippen LogP contribution in [-0.2, 0) is 4.79 Å². The molecule has 0 aliphatic rings. The van der Waals surface area contributed by atoms with Crippen molar-refractivity contribution in [2.75, 3.05) is 0 Å². The Morgan fingerprint density at radius 3 is 2.07 bits per heavy atom. The Bertz CT molecular complexity index is 229. The molecule has 3 N–H and O–H groups in total. The third kappa shape index (κ3) is 5.24. The molecule has 0 saturated heterocycles. The summed E-state index contributed by atoms with van der Waals surface area (Å²) in [6.07, 6.45) is 0.812. The second-order valence-electron chi connectivity index (χ2n) is 3.99. The van der Waals surface area contributed by atoms with Gasteiger partial charge in [0.2, 0.25) is 0 Å². The van der Waals surface area contributed by atoms with Gasteiger partial charge >= 0.3 is 12.0 Å². The van der Waals surface area contributed by atoms with E-state index in [9.17, 15) is 9.59 Å². The average molecular weight is 216 g/mol. The van der Waals surface area contributed by atoms with Gasteiger partial charge in [-0.1, -0.05) is 20.8 Å². The molecule has 0 aromatic heterocycles. The van der Waals surface area contributed by atoms with Crippen LogP contribution >= 0.6 is 0 Å². The Balaban J connectivity index is 4.18. The van der Waals surface area contributed by atoms with E-state index in [2.05, 4.69) is 10.6 Å². The summed E-state index contributed by atoms with van der Waals surface area (Å²) in [5.41, 5.74) is 0. The smallest absolute Gasteiger partial charge is 0.326 e. The lowest BCUT2D eigenvalue weighted by Crippen LogP contribution is -2.50. The van der Waals surface area contributed by atoms with E-state index in [1.54, 1.807) is 13.8 Å². The molecule has 0 bridgehead atoms. The van der Waals surface area contributed by atoms with Crippen LogP contribution in [0.3, 0.4) is 0 Å². The van der Waals surface area contributed by atoms with Crippen LogP contribution in [0.25, 0.3) is 0 Å². The molecule has 0 heterocycles. The van der Waals surface area contributed by atoms with Crippen molar-refractivity contribution in [1.82, 2.24) is 10.6 Å². The first kappa shape index (κ1) is 13.7. The average Bonchev–Trinajstić information content (AvgIpc) is 2.12. The van der Waals surface area contributed by atoms with Crippen LogP contribution in [0.15, 0.2) is 0 Å². The molecule has 0 rings (SSSR count). The fraction of sp³-hybridized carbons (Fsp3) is 0.800. The van der Waals surface area contributed by atoms with E-state index in [0.29, 0.717) is 0 Å². The van der Waals surface area contributed by atoms with E-state index in [0.717, 1.165) is 6.42 Å². The predicted molar refractivity (Wildman–Crippen MR) is 57.7 cm³/mol. The van der Waals surface area contributed by atoms with Gasteiger partial charge in [-0.2, -0.15) is 0 Å². The lowest BCUT2D eigenvalue weighted by molar-refractivity contribution is -0.140. The maximum atomic E-state index is 11.3. The highest BCUT2D eigenvalue weighted by Crippen LogP contribution is 2.01. The highest BCUT2D eigenvalue weighted by atomic mass is 16.4. The molecule has 88 valence electrons. The second-order valence-corrected chi connectivity index (χ2v) is 3.99. The number of urea groups is 1. The van der Waals surface area contributed by atoms with Gasteiger partial charge in [0.15, 0.2) is 0 Å². The van der Waals surface area contributed by atoms with Crippen molar-refractivity contribution >= 4 is 12.0 Å². The lowest BCUT2D eigenvalue weighted by atomic mass is 10.1. The number of carbonyl (C=O) groups excluding carboxylic acids is 1. The SMILES string of the molecule is CC[C@@H](C)NC(=O)N[C@H](C(=O)O)C(C)C. The molecule has 0 saturated carbocycles. The molecule has 0 spiro atoms. The normalized spacial score (nSPS) is 14.5. The maximum Gasteiger partial charge on any atom is 0.326 e. The highest BCUT2D eigenvalue weighted by molar-refractivity contribution is 5.82. The quantitative estimate of drug-likeness (QED) is 0.646. The number of nitrogens with one attached hydrogen (secondary N) is 2. The number of carboxylic acids is 1. The van der Waals surface area contributed by atoms with Crippen LogP contribution in [-0.4, -0.2) is 29.2 Å². The number of amides is 2. The van der Waals surface area contributed by atoms with Gasteiger partial charge < -0.3 is 15.7 Å². The first-order valence-corrected chi connectivity index (χ1v) is 5.18. The number of carboxylic acid groups (broad SMARTS) is 1. The Morgan fingerprint density at radius 2 is 1.73 bits per heavy atom. The summed E-state index contributed by atoms with van der Waals surface area (Å²) in [6.45, 7) is 7.32. The summed E-state index contributed by atoms with van der Waals surface area (Å²) in [4.78, 5) is 22.1. The molecule has 15 heavy (non-hydrogen) atoms. The summed E-state index contributed by atoms with van der Waals surface area (Å²) in [7, 11) is 0. The van der Waals surface area contributed by atoms with Crippen molar-refractivity contribution in [3.8, 4) is 0 Å². The summed E-state index contributed by atoms with van der Waals surface area (Å²) < 4.78 is 0. The molecule has 5 nitrogen and oxygen atoms in total. The van der Waals surface area contributed by atoms with Gasteiger partial charge in [-0.3, -0.25) is 0 Å². The Hall–Kier alpha value is -1.26. The van der Waals surface area contributed by atoms with E-state index in [4.69, 9.17) is 5.11 Å². The second kappa shape index (κ2) is 6.27. The number of carbonyl (C=O) groups is 2. The van der Waals surface area contributed by atoms with Crippen molar-refractivity contribution in [2.45, 2.75) is 46.2 Å². The summed E-state index contributed by atoms with van der Waals surface area (Å²) >= 11 is 0. The molecule has 0 aliphatic carbocycles. The van der Waals surface area contributed by atoms with E-state index in [1.165, 1.54) is 0 Å². The molecular weight excluding hydrogens is 196 g/mol. The first-order valence-electron chi connectivity index (χ1n) is 5.18. The van der Waals surface area contributed by atoms with Gasteiger partial charge in [-0.05, 0) is 19.3 Å². The molecule has 2 atom stereocenters. The summed E-state index contributed by atoms with van der Waals surface area (Å²) in [6, 6.07) is -1.22. The Labute approximate surface area is 90.2 Å². The minimum absolute atomic E-state index is 0.0478. The topological polar surface area (TPSA) is 78.4 Å². The first-order chi connectivity index (χ1) is 6.88. The fourth-order valence-corrected chi connectivity index (χ4v) is 1.02. The molecule has 0 radical (unpaired) electrons. The minimum Gasteiger partial charge on any atom is -0.480 e. The van der Waals surface area contributed by atoms with Gasteiger partial charge in [0.05, 0.1) is 0 Å². The molecule has 0 aliphatic heterocycles. The van der Waals surface area contributed by atoms with Crippen LogP contribution in [0.4, 0.5) is 4.79 Å². The molecule has 0 fully saturated rings. The monoisotopic (exact) mass is 216 g/mol. The largest absolute Gasteiger partial charge is 0.480 e. The zero-order valence-corrected chi connectivity index (χ0v) is 9.70. The van der Waals surface area contributed by atoms with Crippen LogP contribution < -0.4 is 10.6 Å². The minimum atomic E-state index is -1.01. The molecule has 0 aromatic rings. The van der Waals surface area contributed by atoms with Crippen LogP contribution in [0.2, 0.25) is 0 Å². The van der Waals surface area contributed by atoms with Crippen LogP contribution in [0, 0.1) is 5.92 Å². The molecule has 0 aromatic carbocycles. The molecule has 0 unspecified atom stereocenters. The van der Waals surface area contributed by atoms with E-state index in [-0.39, 0.29) is 12.0 Å². The zero-order valence-electron chi connectivity index (χ0n) is 9.70. The third-order valence-corrected chi connectivity index (χ3v) is 2.21. The highest BCUT2D eigenvalue weighted by Gasteiger charge is 2.23. The van der Waals surface area contributed by atoms with Crippen molar-refractivity contribution in [2.24, 2.45) is 5.92 Å². The van der Waals surface area contributed by atoms with E-state index < -0.39 is 18.0 Å². The Kier molecular flexibility index (Phi) is 5.74. The van der Waals surface area contributed by atoms with Crippen LogP contribution in [0.1, 0.15) is 34.1 Å². The van der Waals surface area contributed by atoms with Gasteiger partial charge in [0.25, 0.3) is 0 Å². The van der Waals surface area contributed by atoms with Gasteiger partial charge in [-0.25, -0.2) is 9.59 Å². The molecule has 5 heteroatoms. The number of rotatable bonds is 5. The maximum absolute atomic E-state index is 11.3. The predicted octanol–water partition coefficient (Wildman–Crippen LogP) is 1.19. The van der Waals surface area contributed by atoms with Crippen molar-refractivity contribution < 1.29 is 14.7 Å². The van der Waals surface area contributed by atoms with E-state index >= 15 is 0 Å².